The molecule has 1 aliphatic heterocycles. The lowest BCUT2D eigenvalue weighted by molar-refractivity contribution is 0.157. The minimum atomic E-state index is 0.824. The Bertz CT molecular complexity index is 456. The minimum Gasteiger partial charge on any atom is -0.371 e. The highest BCUT2D eigenvalue weighted by molar-refractivity contribution is 5.48. The summed E-state index contributed by atoms with van der Waals surface area (Å²) in [6, 6.07) is 9.45. The summed E-state index contributed by atoms with van der Waals surface area (Å²) in [5.74, 6) is 0.824. The highest BCUT2D eigenvalue weighted by atomic mass is 15.3. The van der Waals surface area contributed by atoms with Crippen LogP contribution in [0.2, 0.25) is 0 Å². The average Bonchev–Trinajstić information content (AvgIpc) is 3.12. The van der Waals surface area contributed by atoms with Gasteiger partial charge in [-0.05, 0) is 50.4 Å². The summed E-state index contributed by atoms with van der Waals surface area (Å²) in [7, 11) is 2.22. The smallest absolute Gasteiger partial charge is 0.0366 e. The van der Waals surface area contributed by atoms with Crippen molar-refractivity contribution in [1.29, 1.82) is 0 Å². The Morgan fingerprint density at radius 1 is 1.00 bits per heavy atom. The molecule has 1 heterocycles. The van der Waals surface area contributed by atoms with Gasteiger partial charge in [0, 0.05) is 51.5 Å². The molecule has 0 unspecified atom stereocenters. The Kier molecular flexibility index (Phi) is 5.96. The molecular weight excluding hydrogens is 282 g/mol. The molecule has 1 aliphatic carbocycles. The molecule has 0 aromatic heterocycles. The van der Waals surface area contributed by atoms with E-state index >= 15 is 0 Å². The number of benzene rings is 1. The van der Waals surface area contributed by atoms with Crippen molar-refractivity contribution in [3.63, 3.8) is 0 Å². The molecule has 0 radical (unpaired) electrons. The Hall–Kier alpha value is -1.06. The molecule has 0 atom stereocenters. The molecule has 2 aliphatic rings. The van der Waals surface area contributed by atoms with E-state index in [1.54, 1.807) is 5.56 Å². The number of hydrogen-bond acceptors (Lipinski definition) is 3. The molecular formula is C20H33N3. The summed E-state index contributed by atoms with van der Waals surface area (Å²) in [6.45, 7) is 10.5. The maximum Gasteiger partial charge on any atom is 0.0366 e. The fraction of sp³-hybridized carbons (Fsp3) is 0.700. The standard InChI is InChI=1S/C20H33N3/c1-3-23(17-16-22-14-12-21(2)13-15-22)20-10-8-19(9-11-20)18-6-4-5-7-18/h8-11,18H,3-7,12-17H2,1-2H3. The monoisotopic (exact) mass is 315 g/mol. The highest BCUT2D eigenvalue weighted by Gasteiger charge is 2.18. The third kappa shape index (κ3) is 4.48. The second kappa shape index (κ2) is 8.16. The second-order valence-corrected chi connectivity index (χ2v) is 7.30. The van der Waals surface area contributed by atoms with E-state index in [1.807, 2.05) is 0 Å². The lowest BCUT2D eigenvalue weighted by Crippen LogP contribution is -2.47. The fourth-order valence-corrected chi connectivity index (χ4v) is 4.02. The maximum absolute atomic E-state index is 2.61. The van der Waals surface area contributed by atoms with Gasteiger partial charge in [0.15, 0.2) is 0 Å². The van der Waals surface area contributed by atoms with Gasteiger partial charge in [-0.25, -0.2) is 0 Å². The topological polar surface area (TPSA) is 9.72 Å². The van der Waals surface area contributed by atoms with Gasteiger partial charge < -0.3 is 9.80 Å². The average molecular weight is 316 g/mol. The van der Waals surface area contributed by atoms with E-state index in [9.17, 15) is 0 Å². The molecule has 0 spiro atoms. The molecule has 1 aromatic rings. The number of piperazine rings is 1. The van der Waals surface area contributed by atoms with Gasteiger partial charge in [0.25, 0.3) is 0 Å². The first-order valence-electron chi connectivity index (χ1n) is 9.52. The summed E-state index contributed by atoms with van der Waals surface area (Å²) >= 11 is 0. The van der Waals surface area contributed by atoms with E-state index in [2.05, 4.69) is 52.9 Å². The molecule has 0 N–H and O–H groups in total. The SMILES string of the molecule is CCN(CCN1CCN(C)CC1)c1ccc(C2CCCC2)cc1. The van der Waals surface area contributed by atoms with Gasteiger partial charge in [-0.2, -0.15) is 0 Å². The summed E-state index contributed by atoms with van der Waals surface area (Å²) in [6.07, 6.45) is 5.61. The van der Waals surface area contributed by atoms with Crippen molar-refractivity contribution in [2.24, 2.45) is 0 Å². The van der Waals surface area contributed by atoms with Crippen LogP contribution in [0.4, 0.5) is 5.69 Å². The fourth-order valence-electron chi connectivity index (χ4n) is 4.02. The van der Waals surface area contributed by atoms with Crippen molar-refractivity contribution in [3.05, 3.63) is 29.8 Å². The molecule has 0 amide bonds. The lowest BCUT2D eigenvalue weighted by atomic mass is 9.97. The van der Waals surface area contributed by atoms with Crippen LogP contribution in [0.15, 0.2) is 24.3 Å². The van der Waals surface area contributed by atoms with E-state index in [0.29, 0.717) is 0 Å². The molecule has 2 fully saturated rings. The van der Waals surface area contributed by atoms with Gasteiger partial charge in [-0.1, -0.05) is 25.0 Å². The van der Waals surface area contributed by atoms with Crippen molar-refractivity contribution in [1.82, 2.24) is 9.80 Å². The predicted octanol–water partition coefficient (Wildman–Crippen LogP) is 3.42. The molecule has 3 nitrogen and oxygen atoms in total. The Morgan fingerprint density at radius 3 is 2.26 bits per heavy atom. The molecule has 1 aromatic carbocycles. The Morgan fingerprint density at radius 2 is 1.65 bits per heavy atom. The van der Waals surface area contributed by atoms with E-state index in [4.69, 9.17) is 0 Å². The van der Waals surface area contributed by atoms with Crippen LogP contribution in [0.5, 0.6) is 0 Å². The normalized spacial score (nSPS) is 21.0. The number of anilines is 1. The van der Waals surface area contributed by atoms with E-state index in [-0.39, 0.29) is 0 Å². The van der Waals surface area contributed by atoms with Crippen molar-refractivity contribution in [2.45, 2.75) is 38.5 Å². The molecule has 23 heavy (non-hydrogen) atoms. The number of hydrogen-bond donors (Lipinski definition) is 0. The predicted molar refractivity (Wildman–Crippen MR) is 99.5 cm³/mol. The first-order chi connectivity index (χ1) is 11.3. The van der Waals surface area contributed by atoms with Gasteiger partial charge in [0.05, 0.1) is 0 Å². The van der Waals surface area contributed by atoms with Crippen molar-refractivity contribution >= 4 is 5.69 Å². The van der Waals surface area contributed by atoms with Gasteiger partial charge in [0.1, 0.15) is 0 Å². The molecule has 1 saturated heterocycles. The van der Waals surface area contributed by atoms with Crippen LogP contribution < -0.4 is 4.90 Å². The van der Waals surface area contributed by atoms with Crippen LogP contribution in [-0.4, -0.2) is 62.7 Å². The zero-order valence-corrected chi connectivity index (χ0v) is 15.0. The van der Waals surface area contributed by atoms with Crippen LogP contribution in [0.1, 0.15) is 44.1 Å². The first-order valence-corrected chi connectivity index (χ1v) is 9.52. The highest BCUT2D eigenvalue weighted by Crippen LogP contribution is 2.34. The minimum absolute atomic E-state index is 0.824. The van der Waals surface area contributed by atoms with Crippen LogP contribution in [0.3, 0.4) is 0 Å². The first kappa shape index (κ1) is 16.8. The Balaban J connectivity index is 1.53. The summed E-state index contributed by atoms with van der Waals surface area (Å²) in [5.41, 5.74) is 2.95. The third-order valence-corrected chi connectivity index (χ3v) is 5.75. The van der Waals surface area contributed by atoms with E-state index in [0.717, 1.165) is 19.0 Å². The molecule has 0 bridgehead atoms. The van der Waals surface area contributed by atoms with Crippen molar-refractivity contribution < 1.29 is 0 Å². The number of likely N-dealkylation sites (N-methyl/N-ethyl adjacent to an activating group) is 2. The van der Waals surface area contributed by atoms with E-state index < -0.39 is 0 Å². The molecule has 3 rings (SSSR count). The van der Waals surface area contributed by atoms with Gasteiger partial charge in [-0.15, -0.1) is 0 Å². The van der Waals surface area contributed by atoms with Gasteiger partial charge in [-0.3, -0.25) is 4.90 Å². The summed E-state index contributed by atoms with van der Waals surface area (Å²) < 4.78 is 0. The summed E-state index contributed by atoms with van der Waals surface area (Å²) in [5, 5.41) is 0. The van der Waals surface area contributed by atoms with Crippen LogP contribution in [0.25, 0.3) is 0 Å². The van der Waals surface area contributed by atoms with Gasteiger partial charge in [0.2, 0.25) is 0 Å². The molecule has 3 heteroatoms. The maximum atomic E-state index is 2.61. The van der Waals surface area contributed by atoms with Crippen LogP contribution in [-0.2, 0) is 0 Å². The van der Waals surface area contributed by atoms with Crippen molar-refractivity contribution in [3.8, 4) is 0 Å². The molecule has 128 valence electrons. The van der Waals surface area contributed by atoms with Crippen LogP contribution >= 0.6 is 0 Å². The largest absolute Gasteiger partial charge is 0.371 e. The molecule has 1 saturated carbocycles. The zero-order valence-electron chi connectivity index (χ0n) is 15.0. The third-order valence-electron chi connectivity index (χ3n) is 5.75. The number of rotatable bonds is 6. The van der Waals surface area contributed by atoms with Gasteiger partial charge >= 0.3 is 0 Å². The lowest BCUT2D eigenvalue weighted by Gasteiger charge is -2.34. The van der Waals surface area contributed by atoms with E-state index in [1.165, 1.54) is 64.1 Å². The summed E-state index contributed by atoms with van der Waals surface area (Å²) in [4.78, 5) is 7.56. The number of nitrogens with zero attached hydrogens (tertiary/aromatic N) is 3. The quantitative estimate of drug-likeness (QED) is 0.796. The zero-order chi connectivity index (χ0) is 16.1. The second-order valence-electron chi connectivity index (χ2n) is 7.30. The van der Waals surface area contributed by atoms with Crippen LogP contribution in [0, 0.1) is 0 Å². The Labute approximate surface area is 142 Å². The van der Waals surface area contributed by atoms with Crippen molar-refractivity contribution in [2.75, 3.05) is 57.8 Å².